The molecular formula is C21H19N3O4S. The average Bonchev–Trinajstić information content (AvgIpc) is 3.28. The second-order valence-electron chi connectivity index (χ2n) is 7.09. The number of hydrogen-bond acceptors (Lipinski definition) is 5. The predicted octanol–water partition coefficient (Wildman–Crippen LogP) is 2.49. The van der Waals surface area contributed by atoms with Crippen LogP contribution in [0.2, 0.25) is 0 Å². The fraction of sp³-hybridized carbons (Fsp3) is 0.286. The summed E-state index contributed by atoms with van der Waals surface area (Å²) in [7, 11) is 1.90. The van der Waals surface area contributed by atoms with E-state index in [9.17, 15) is 9.59 Å². The summed E-state index contributed by atoms with van der Waals surface area (Å²) >= 11 is 1.47. The maximum atomic E-state index is 12.8. The topological polar surface area (TPSA) is 73.1 Å². The molecule has 0 spiro atoms. The molecule has 0 N–H and O–H groups in total. The molecule has 7 nitrogen and oxygen atoms in total. The van der Waals surface area contributed by atoms with Crippen molar-refractivity contribution < 1.29 is 19.1 Å². The fourth-order valence-electron chi connectivity index (χ4n) is 3.70. The number of fused-ring (bicyclic) bond motifs is 2. The Hall–Kier alpha value is -3.13. The highest BCUT2D eigenvalue weighted by molar-refractivity contribution is 7.16. The van der Waals surface area contributed by atoms with E-state index in [1.54, 1.807) is 17.0 Å². The van der Waals surface area contributed by atoms with Crippen molar-refractivity contribution in [2.45, 2.75) is 6.42 Å². The van der Waals surface area contributed by atoms with E-state index in [1.165, 1.54) is 11.3 Å². The number of rotatable bonds is 2. The fourth-order valence-corrected chi connectivity index (χ4v) is 4.72. The molecule has 3 aromatic rings. The van der Waals surface area contributed by atoms with Crippen molar-refractivity contribution in [2.75, 3.05) is 24.7 Å². The van der Waals surface area contributed by atoms with Crippen molar-refractivity contribution in [3.8, 4) is 11.5 Å². The number of nitrogens with zero attached hydrogens (tertiary/aromatic N) is 3. The first-order valence-corrected chi connectivity index (χ1v) is 10.2. The maximum absolute atomic E-state index is 12.8. The summed E-state index contributed by atoms with van der Waals surface area (Å²) in [5, 5.41) is 0. The van der Waals surface area contributed by atoms with E-state index in [0.717, 1.165) is 10.2 Å². The summed E-state index contributed by atoms with van der Waals surface area (Å²) in [5.41, 5.74) is 1.74. The number of carbonyl (C=O) groups is 2. The Labute approximate surface area is 170 Å². The molecule has 1 fully saturated rings. The van der Waals surface area contributed by atoms with Gasteiger partial charge in [0.1, 0.15) is 13.2 Å². The molecule has 5 rings (SSSR count). The van der Waals surface area contributed by atoms with E-state index in [0.29, 0.717) is 41.7 Å². The second kappa shape index (κ2) is 7.04. The van der Waals surface area contributed by atoms with Gasteiger partial charge in [0.25, 0.3) is 5.91 Å². The van der Waals surface area contributed by atoms with Gasteiger partial charge in [-0.3, -0.25) is 9.59 Å². The zero-order valence-electron chi connectivity index (χ0n) is 15.8. The zero-order valence-corrected chi connectivity index (χ0v) is 16.6. The van der Waals surface area contributed by atoms with Crippen LogP contribution in [-0.2, 0) is 16.6 Å². The third-order valence-corrected chi connectivity index (χ3v) is 6.35. The summed E-state index contributed by atoms with van der Waals surface area (Å²) in [5.74, 6) is 0.488. The van der Waals surface area contributed by atoms with Gasteiger partial charge < -0.3 is 18.9 Å². The van der Waals surface area contributed by atoms with Crippen LogP contribution in [0.15, 0.2) is 47.5 Å². The number of hydrogen-bond donors (Lipinski definition) is 0. The summed E-state index contributed by atoms with van der Waals surface area (Å²) < 4.78 is 14.1. The van der Waals surface area contributed by atoms with Crippen LogP contribution in [0.25, 0.3) is 10.2 Å². The van der Waals surface area contributed by atoms with Crippen molar-refractivity contribution in [1.82, 2.24) is 4.57 Å². The Balaban J connectivity index is 1.39. The lowest BCUT2D eigenvalue weighted by Crippen LogP contribution is -2.26. The van der Waals surface area contributed by atoms with E-state index >= 15 is 0 Å². The lowest BCUT2D eigenvalue weighted by molar-refractivity contribution is -0.123. The van der Waals surface area contributed by atoms with Crippen LogP contribution in [0.5, 0.6) is 11.5 Å². The molecule has 2 amide bonds. The number of amides is 2. The molecule has 3 heterocycles. The maximum Gasteiger partial charge on any atom is 0.253 e. The lowest BCUT2D eigenvalue weighted by atomic mass is 10.1. The highest BCUT2D eigenvalue weighted by atomic mass is 32.1. The van der Waals surface area contributed by atoms with E-state index < -0.39 is 5.92 Å². The van der Waals surface area contributed by atoms with Crippen LogP contribution in [0.1, 0.15) is 6.42 Å². The Morgan fingerprint density at radius 3 is 2.76 bits per heavy atom. The number of aromatic nitrogens is 1. The smallest absolute Gasteiger partial charge is 0.253 e. The molecular weight excluding hydrogens is 390 g/mol. The molecule has 1 saturated heterocycles. The molecule has 0 aliphatic carbocycles. The van der Waals surface area contributed by atoms with Crippen LogP contribution >= 0.6 is 11.3 Å². The van der Waals surface area contributed by atoms with Crippen LogP contribution in [0.3, 0.4) is 0 Å². The van der Waals surface area contributed by atoms with E-state index in [-0.39, 0.29) is 18.2 Å². The summed E-state index contributed by atoms with van der Waals surface area (Å²) in [6.45, 7) is 1.31. The van der Waals surface area contributed by atoms with Gasteiger partial charge in [-0.25, -0.2) is 0 Å². The molecule has 0 unspecified atom stereocenters. The quantitative estimate of drug-likeness (QED) is 0.652. The molecule has 0 radical (unpaired) electrons. The molecule has 29 heavy (non-hydrogen) atoms. The minimum absolute atomic E-state index is 0.0871. The second-order valence-corrected chi connectivity index (χ2v) is 8.10. The molecule has 8 heteroatoms. The SMILES string of the molecule is Cn1c(=NC(=O)[C@@H]2CC(=O)N(c3ccc4c(c3)OCCO4)C2)sc2ccccc21. The molecule has 2 aliphatic heterocycles. The molecule has 148 valence electrons. The Kier molecular flexibility index (Phi) is 4.35. The highest BCUT2D eigenvalue weighted by Crippen LogP contribution is 2.36. The first-order chi connectivity index (χ1) is 14.1. The van der Waals surface area contributed by atoms with Crippen molar-refractivity contribution in [3.63, 3.8) is 0 Å². The van der Waals surface area contributed by atoms with Gasteiger partial charge in [-0.2, -0.15) is 4.99 Å². The van der Waals surface area contributed by atoms with Gasteiger partial charge in [0, 0.05) is 31.8 Å². The summed E-state index contributed by atoms with van der Waals surface area (Å²) in [6, 6.07) is 13.3. The van der Waals surface area contributed by atoms with Crippen molar-refractivity contribution in [3.05, 3.63) is 47.3 Å². The number of ether oxygens (including phenoxy) is 2. The summed E-state index contributed by atoms with van der Waals surface area (Å²) in [4.78, 5) is 32.0. The minimum Gasteiger partial charge on any atom is -0.486 e. The standard InChI is InChI=1S/C21H19N3O4S/c1-23-15-4-2-3-5-18(15)29-21(23)22-20(26)13-10-19(25)24(12-13)14-6-7-16-17(11-14)28-9-8-27-16/h2-7,11,13H,8-10,12H2,1H3/t13-/m1/s1. The minimum atomic E-state index is -0.457. The average molecular weight is 409 g/mol. The van der Waals surface area contributed by atoms with E-state index in [1.807, 2.05) is 41.9 Å². The number of carbonyl (C=O) groups excluding carboxylic acids is 2. The monoisotopic (exact) mass is 409 g/mol. The number of anilines is 1. The predicted molar refractivity (Wildman–Crippen MR) is 109 cm³/mol. The molecule has 0 bridgehead atoms. The third kappa shape index (κ3) is 3.19. The third-order valence-electron chi connectivity index (χ3n) is 5.23. The van der Waals surface area contributed by atoms with Gasteiger partial charge in [-0.1, -0.05) is 23.5 Å². The molecule has 1 atom stereocenters. The Bertz CT molecular complexity index is 1200. The van der Waals surface area contributed by atoms with Crippen LogP contribution in [0, 0.1) is 5.92 Å². The van der Waals surface area contributed by atoms with Gasteiger partial charge in [-0.15, -0.1) is 0 Å². The molecule has 0 saturated carbocycles. The van der Waals surface area contributed by atoms with Crippen LogP contribution < -0.4 is 19.2 Å². The highest BCUT2D eigenvalue weighted by Gasteiger charge is 2.35. The zero-order chi connectivity index (χ0) is 20.0. The Morgan fingerprint density at radius 1 is 1.14 bits per heavy atom. The molecule has 1 aromatic heterocycles. The van der Waals surface area contributed by atoms with Crippen molar-refractivity contribution >= 4 is 39.1 Å². The van der Waals surface area contributed by atoms with Gasteiger partial charge in [0.15, 0.2) is 16.3 Å². The number of thiazole rings is 1. The number of aryl methyl sites for hydroxylation is 1. The van der Waals surface area contributed by atoms with Crippen LogP contribution in [0.4, 0.5) is 5.69 Å². The first-order valence-electron chi connectivity index (χ1n) is 9.43. The van der Waals surface area contributed by atoms with Gasteiger partial charge in [0.2, 0.25) is 5.91 Å². The van der Waals surface area contributed by atoms with Gasteiger partial charge >= 0.3 is 0 Å². The van der Waals surface area contributed by atoms with Gasteiger partial charge in [0.05, 0.1) is 16.1 Å². The first kappa shape index (κ1) is 17.9. The van der Waals surface area contributed by atoms with Crippen LogP contribution in [-0.4, -0.2) is 36.1 Å². The van der Waals surface area contributed by atoms with Crippen molar-refractivity contribution in [1.29, 1.82) is 0 Å². The molecule has 2 aliphatic rings. The van der Waals surface area contributed by atoms with E-state index in [2.05, 4.69) is 4.99 Å². The number of para-hydroxylation sites is 1. The summed E-state index contributed by atoms with van der Waals surface area (Å²) in [6.07, 6.45) is 0.158. The van der Waals surface area contributed by atoms with Gasteiger partial charge in [-0.05, 0) is 24.3 Å². The van der Waals surface area contributed by atoms with Crippen molar-refractivity contribution in [2.24, 2.45) is 18.0 Å². The Morgan fingerprint density at radius 2 is 1.93 bits per heavy atom. The molecule has 2 aromatic carbocycles. The lowest BCUT2D eigenvalue weighted by Gasteiger charge is -2.22. The number of benzene rings is 2. The largest absolute Gasteiger partial charge is 0.486 e. The van der Waals surface area contributed by atoms with E-state index in [4.69, 9.17) is 9.47 Å². The normalized spacial score (nSPS) is 19.2.